The molecule has 178 valence electrons. The maximum absolute atomic E-state index is 12.9. The van der Waals surface area contributed by atoms with Crippen molar-refractivity contribution in [2.45, 2.75) is 24.7 Å². The molecule has 0 N–H and O–H groups in total. The maximum atomic E-state index is 12.9. The fraction of sp³-hybridized carbons (Fsp3) is 0.571. The van der Waals surface area contributed by atoms with E-state index in [9.17, 15) is 22.8 Å². The van der Waals surface area contributed by atoms with Gasteiger partial charge in [-0.3, -0.25) is 14.4 Å². The lowest BCUT2D eigenvalue weighted by Crippen LogP contribution is -2.47. The van der Waals surface area contributed by atoms with E-state index in [1.54, 1.807) is 11.8 Å². The van der Waals surface area contributed by atoms with Gasteiger partial charge in [-0.15, -0.1) is 0 Å². The van der Waals surface area contributed by atoms with E-state index in [1.807, 2.05) is 0 Å². The van der Waals surface area contributed by atoms with E-state index >= 15 is 0 Å². The van der Waals surface area contributed by atoms with Crippen LogP contribution >= 0.6 is 0 Å². The summed E-state index contributed by atoms with van der Waals surface area (Å²) >= 11 is 0. The highest BCUT2D eigenvalue weighted by molar-refractivity contribution is 7.89. The molecule has 1 aromatic rings. The minimum Gasteiger partial charge on any atom is -0.495 e. The van der Waals surface area contributed by atoms with Crippen molar-refractivity contribution >= 4 is 27.8 Å². The van der Waals surface area contributed by atoms with Gasteiger partial charge in [0.2, 0.25) is 15.9 Å². The van der Waals surface area contributed by atoms with E-state index in [0.29, 0.717) is 19.4 Å². The Hall–Kier alpha value is -2.66. The number of hydrogen-bond donors (Lipinski definition) is 0. The number of rotatable bonds is 8. The average Bonchev–Trinajstić information content (AvgIpc) is 2.78. The summed E-state index contributed by atoms with van der Waals surface area (Å²) < 4.78 is 36.4. The number of piperidine rings is 1. The minimum atomic E-state index is -3.84. The van der Waals surface area contributed by atoms with E-state index < -0.39 is 15.9 Å². The first-order valence-electron chi connectivity index (χ1n) is 10.3. The minimum absolute atomic E-state index is 0.115. The normalized spacial score (nSPS) is 16.6. The number of carbonyl (C=O) groups is 3. The summed E-state index contributed by atoms with van der Waals surface area (Å²) in [7, 11) is 1.74. The number of methoxy groups -OCH3 is 1. The van der Waals surface area contributed by atoms with Crippen molar-refractivity contribution in [1.29, 1.82) is 0 Å². The molecule has 1 saturated heterocycles. The molecule has 1 atom stereocenters. The third-order valence-electron chi connectivity index (χ3n) is 5.28. The summed E-state index contributed by atoms with van der Waals surface area (Å²) in [4.78, 5) is 40.3. The van der Waals surface area contributed by atoms with Gasteiger partial charge in [-0.2, -0.15) is 0 Å². The largest absolute Gasteiger partial charge is 0.495 e. The van der Waals surface area contributed by atoms with E-state index in [1.165, 1.54) is 51.4 Å². The highest BCUT2D eigenvalue weighted by Crippen LogP contribution is 2.27. The van der Waals surface area contributed by atoms with Crippen molar-refractivity contribution < 1.29 is 32.3 Å². The molecule has 1 aliphatic rings. The lowest BCUT2D eigenvalue weighted by atomic mass is 9.98. The van der Waals surface area contributed by atoms with Gasteiger partial charge in [0.05, 0.1) is 26.2 Å². The number of ether oxygens (including phenoxy) is 2. The molecule has 0 aromatic heterocycles. The molecule has 1 heterocycles. The van der Waals surface area contributed by atoms with Crippen molar-refractivity contribution in [3.63, 3.8) is 0 Å². The maximum Gasteiger partial charge on any atom is 0.310 e. The molecule has 0 aliphatic carbocycles. The highest BCUT2D eigenvalue weighted by atomic mass is 32.2. The van der Waals surface area contributed by atoms with Crippen molar-refractivity contribution in [2.75, 3.05) is 54.5 Å². The molecule has 1 aromatic carbocycles. The molecule has 10 nitrogen and oxygen atoms in total. The van der Waals surface area contributed by atoms with E-state index in [2.05, 4.69) is 0 Å². The van der Waals surface area contributed by atoms with Crippen LogP contribution in [0.5, 0.6) is 5.75 Å². The second-order valence-corrected chi connectivity index (χ2v) is 9.87. The topological polar surface area (TPSA) is 114 Å². The van der Waals surface area contributed by atoms with Crippen molar-refractivity contribution in [3.8, 4) is 5.75 Å². The highest BCUT2D eigenvalue weighted by Gasteiger charge is 2.30. The number of esters is 1. The van der Waals surface area contributed by atoms with Crippen LogP contribution in [0.2, 0.25) is 0 Å². The molecule has 0 bridgehead atoms. The van der Waals surface area contributed by atoms with Crippen LogP contribution < -0.4 is 4.74 Å². The average molecular weight is 470 g/mol. The van der Waals surface area contributed by atoms with Gasteiger partial charge in [-0.1, -0.05) is 0 Å². The molecule has 1 aliphatic heterocycles. The number of benzene rings is 1. The number of likely N-dealkylation sites (tertiary alicyclic amines) is 1. The number of hydrogen-bond acceptors (Lipinski definition) is 7. The molecular weight excluding hydrogens is 438 g/mol. The van der Waals surface area contributed by atoms with Crippen LogP contribution in [-0.4, -0.2) is 94.8 Å². The summed E-state index contributed by atoms with van der Waals surface area (Å²) in [5.74, 6) is -1.36. The standard InChI is InChI=1S/C21H31N3O7S/c1-6-31-21(27)16-8-7-11-24(13-16)19(25)14-23(4)20(26)15-9-10-17(30-5)18(12-15)32(28,29)22(2)3/h9-10,12,16H,6-8,11,13-14H2,1-5H3. The number of carbonyl (C=O) groups excluding carboxylic acids is 3. The monoisotopic (exact) mass is 469 g/mol. The van der Waals surface area contributed by atoms with Crippen LogP contribution in [0.3, 0.4) is 0 Å². The van der Waals surface area contributed by atoms with Gasteiger partial charge in [0.1, 0.15) is 10.6 Å². The summed E-state index contributed by atoms with van der Waals surface area (Å²) in [6.45, 7) is 2.58. The Bertz CT molecular complexity index is 962. The predicted molar refractivity (Wildman–Crippen MR) is 117 cm³/mol. The quantitative estimate of drug-likeness (QED) is 0.518. The van der Waals surface area contributed by atoms with Crippen molar-refractivity contribution in [1.82, 2.24) is 14.1 Å². The SMILES string of the molecule is CCOC(=O)C1CCCN(C(=O)CN(C)C(=O)c2ccc(OC)c(S(=O)(=O)N(C)C)c2)C1. The van der Waals surface area contributed by atoms with E-state index in [0.717, 1.165) is 4.31 Å². The zero-order chi connectivity index (χ0) is 24.1. The van der Waals surface area contributed by atoms with Crippen LogP contribution in [-0.2, 0) is 24.3 Å². The van der Waals surface area contributed by atoms with Gasteiger partial charge >= 0.3 is 5.97 Å². The Morgan fingerprint density at radius 1 is 1.19 bits per heavy atom. The third kappa shape index (κ3) is 5.77. The molecule has 1 unspecified atom stereocenters. The Balaban J connectivity index is 2.14. The zero-order valence-corrected chi connectivity index (χ0v) is 20.0. The molecule has 11 heteroatoms. The summed E-state index contributed by atoms with van der Waals surface area (Å²) in [6, 6.07) is 4.11. The lowest BCUT2D eigenvalue weighted by Gasteiger charge is -2.32. The predicted octanol–water partition coefficient (Wildman–Crippen LogP) is 0.819. The number of likely N-dealkylation sites (N-methyl/N-ethyl adjacent to an activating group) is 1. The first-order valence-corrected chi connectivity index (χ1v) is 11.8. The molecule has 1 fully saturated rings. The first kappa shape index (κ1) is 25.6. The van der Waals surface area contributed by atoms with Crippen LogP contribution in [0.15, 0.2) is 23.1 Å². The van der Waals surface area contributed by atoms with Crippen molar-refractivity contribution in [2.24, 2.45) is 5.92 Å². The van der Waals surface area contributed by atoms with Gasteiger partial charge in [0.25, 0.3) is 5.91 Å². The second-order valence-electron chi connectivity index (χ2n) is 7.75. The Labute approximate surface area is 189 Å². The molecule has 0 radical (unpaired) electrons. The van der Waals surface area contributed by atoms with Crippen LogP contribution in [0.1, 0.15) is 30.1 Å². The van der Waals surface area contributed by atoms with E-state index in [4.69, 9.17) is 9.47 Å². The number of amides is 2. The summed E-state index contributed by atoms with van der Waals surface area (Å²) in [6.07, 6.45) is 1.34. The molecule has 0 saturated carbocycles. The lowest BCUT2D eigenvalue weighted by molar-refractivity contribution is -0.151. The Morgan fingerprint density at radius 3 is 2.47 bits per heavy atom. The van der Waals surface area contributed by atoms with Gasteiger partial charge in [0.15, 0.2) is 0 Å². The van der Waals surface area contributed by atoms with Gasteiger partial charge in [-0.25, -0.2) is 12.7 Å². The van der Waals surface area contributed by atoms with Gasteiger partial charge in [0, 0.05) is 39.8 Å². The summed E-state index contributed by atoms with van der Waals surface area (Å²) in [5, 5.41) is 0. The zero-order valence-electron chi connectivity index (χ0n) is 19.2. The smallest absolute Gasteiger partial charge is 0.310 e. The molecule has 32 heavy (non-hydrogen) atoms. The van der Waals surface area contributed by atoms with Gasteiger partial charge in [-0.05, 0) is 38.0 Å². The van der Waals surface area contributed by atoms with Crippen LogP contribution in [0.25, 0.3) is 0 Å². The van der Waals surface area contributed by atoms with Gasteiger partial charge < -0.3 is 19.3 Å². The number of sulfonamides is 1. The fourth-order valence-corrected chi connectivity index (χ4v) is 4.53. The Kier molecular flexibility index (Phi) is 8.62. The summed E-state index contributed by atoms with van der Waals surface area (Å²) in [5.41, 5.74) is 0.115. The van der Waals surface area contributed by atoms with Crippen LogP contribution in [0.4, 0.5) is 0 Å². The molecule has 0 spiro atoms. The van der Waals surface area contributed by atoms with Crippen LogP contribution in [0, 0.1) is 5.92 Å². The molecular formula is C21H31N3O7S. The van der Waals surface area contributed by atoms with E-state index in [-0.39, 0.29) is 53.7 Å². The second kappa shape index (κ2) is 10.8. The number of nitrogens with zero attached hydrogens (tertiary/aromatic N) is 3. The third-order valence-corrected chi connectivity index (χ3v) is 7.12. The molecule has 2 rings (SSSR count). The fourth-order valence-electron chi connectivity index (χ4n) is 3.46. The molecule has 2 amide bonds. The Morgan fingerprint density at radius 2 is 1.88 bits per heavy atom. The first-order chi connectivity index (χ1) is 15.0. The van der Waals surface area contributed by atoms with Crippen molar-refractivity contribution in [3.05, 3.63) is 23.8 Å².